The van der Waals surface area contributed by atoms with Crippen LogP contribution < -0.4 is 5.73 Å². The van der Waals surface area contributed by atoms with E-state index >= 15 is 0 Å². The molecule has 0 aliphatic carbocycles. The fourth-order valence-corrected chi connectivity index (χ4v) is 2.52. The number of benzene rings is 1. The number of hydrogen-bond donors (Lipinski definition) is 1. The summed E-state index contributed by atoms with van der Waals surface area (Å²) in [5.74, 6) is 1.10. The largest absolute Gasteiger partial charge is 0.326 e. The fraction of sp³-hybridized carbons (Fsp3) is 0.333. The van der Waals surface area contributed by atoms with Gasteiger partial charge in [-0.2, -0.15) is 11.8 Å². The van der Waals surface area contributed by atoms with E-state index in [2.05, 4.69) is 40.2 Å². The van der Waals surface area contributed by atoms with Crippen molar-refractivity contribution in [1.82, 2.24) is 0 Å². The van der Waals surface area contributed by atoms with Crippen molar-refractivity contribution in [3.05, 3.63) is 34.3 Å². The molecule has 1 aliphatic heterocycles. The Morgan fingerprint density at radius 2 is 2.00 bits per heavy atom. The normalized spacial score (nSPS) is 28.2. The van der Waals surface area contributed by atoms with E-state index < -0.39 is 0 Å². The Labute approximate surface area is 84.9 Å². The van der Waals surface area contributed by atoms with Crippen molar-refractivity contribution in [3.8, 4) is 0 Å². The molecule has 2 atom stereocenters. The zero-order chi connectivity index (χ0) is 8.55. The van der Waals surface area contributed by atoms with Crippen molar-refractivity contribution < 1.29 is 0 Å². The van der Waals surface area contributed by atoms with Crippen molar-refractivity contribution in [2.45, 2.75) is 11.3 Å². The Bertz CT molecular complexity index is 272. The highest BCUT2D eigenvalue weighted by molar-refractivity contribution is 9.10. The third-order valence-electron chi connectivity index (χ3n) is 2.06. The molecule has 64 valence electrons. The molecule has 1 saturated heterocycles. The van der Waals surface area contributed by atoms with Crippen molar-refractivity contribution in [3.63, 3.8) is 0 Å². The number of rotatable bonds is 1. The molecular formula is C9H10BrNS. The van der Waals surface area contributed by atoms with Crippen LogP contribution in [0.25, 0.3) is 0 Å². The molecule has 2 rings (SSSR count). The molecule has 1 heterocycles. The molecule has 0 radical (unpaired) electrons. The maximum absolute atomic E-state index is 5.86. The standard InChI is InChI=1S/C9H10BrNS/c10-7-3-1-6(2-4-7)9-8(11)5-12-9/h1-4,8-9H,5,11H2. The van der Waals surface area contributed by atoms with Gasteiger partial charge in [-0.15, -0.1) is 0 Å². The van der Waals surface area contributed by atoms with Crippen molar-refractivity contribution >= 4 is 27.7 Å². The smallest absolute Gasteiger partial charge is 0.0457 e. The van der Waals surface area contributed by atoms with Crippen molar-refractivity contribution in [2.75, 3.05) is 5.75 Å². The Balaban J connectivity index is 2.18. The summed E-state index contributed by atoms with van der Waals surface area (Å²) in [6.45, 7) is 0. The minimum Gasteiger partial charge on any atom is -0.326 e. The molecule has 0 aromatic heterocycles. The lowest BCUT2D eigenvalue weighted by Crippen LogP contribution is -2.37. The van der Waals surface area contributed by atoms with Crippen LogP contribution in [-0.4, -0.2) is 11.8 Å². The molecular weight excluding hydrogens is 234 g/mol. The van der Waals surface area contributed by atoms with E-state index in [1.165, 1.54) is 5.56 Å². The van der Waals surface area contributed by atoms with Gasteiger partial charge in [-0.1, -0.05) is 28.1 Å². The molecule has 2 N–H and O–H groups in total. The van der Waals surface area contributed by atoms with Crippen LogP contribution in [0.3, 0.4) is 0 Å². The molecule has 3 heteroatoms. The second-order valence-corrected chi connectivity index (χ2v) is 5.06. The zero-order valence-electron chi connectivity index (χ0n) is 6.53. The van der Waals surface area contributed by atoms with Gasteiger partial charge in [0.2, 0.25) is 0 Å². The Morgan fingerprint density at radius 1 is 1.33 bits per heavy atom. The molecule has 1 aromatic carbocycles. The lowest BCUT2D eigenvalue weighted by atomic mass is 10.1. The molecule has 1 fully saturated rings. The second-order valence-electron chi connectivity index (χ2n) is 2.97. The van der Waals surface area contributed by atoms with Crippen LogP contribution in [-0.2, 0) is 0 Å². The predicted octanol–water partition coefficient (Wildman–Crippen LogP) is 2.56. The number of halogens is 1. The van der Waals surface area contributed by atoms with Gasteiger partial charge < -0.3 is 5.73 Å². The molecule has 12 heavy (non-hydrogen) atoms. The molecule has 1 nitrogen and oxygen atoms in total. The highest BCUT2D eigenvalue weighted by Gasteiger charge is 2.29. The molecule has 0 spiro atoms. The average Bonchev–Trinajstić information content (AvgIpc) is 2.06. The Hall–Kier alpha value is 0.01000. The molecule has 2 unspecified atom stereocenters. The van der Waals surface area contributed by atoms with Crippen LogP contribution in [0.5, 0.6) is 0 Å². The van der Waals surface area contributed by atoms with Crippen molar-refractivity contribution in [2.24, 2.45) is 5.73 Å². The highest BCUT2D eigenvalue weighted by atomic mass is 79.9. The van der Waals surface area contributed by atoms with Gasteiger partial charge in [-0.25, -0.2) is 0 Å². The van der Waals surface area contributed by atoms with Gasteiger partial charge in [0.05, 0.1) is 0 Å². The van der Waals surface area contributed by atoms with Gasteiger partial charge in [0, 0.05) is 21.5 Å². The molecule has 0 amide bonds. The highest BCUT2D eigenvalue weighted by Crippen LogP contribution is 2.41. The number of nitrogens with two attached hydrogens (primary N) is 1. The van der Waals surface area contributed by atoms with Gasteiger partial charge in [-0.3, -0.25) is 0 Å². The van der Waals surface area contributed by atoms with Gasteiger partial charge in [-0.05, 0) is 17.7 Å². The maximum Gasteiger partial charge on any atom is 0.0457 e. The Kier molecular flexibility index (Phi) is 2.44. The van der Waals surface area contributed by atoms with Gasteiger partial charge >= 0.3 is 0 Å². The maximum atomic E-state index is 5.86. The third kappa shape index (κ3) is 1.53. The topological polar surface area (TPSA) is 26.0 Å². The molecule has 0 bridgehead atoms. The zero-order valence-corrected chi connectivity index (χ0v) is 8.94. The van der Waals surface area contributed by atoms with E-state index in [0.29, 0.717) is 11.3 Å². The first-order valence-electron chi connectivity index (χ1n) is 3.90. The summed E-state index contributed by atoms with van der Waals surface area (Å²) >= 11 is 5.34. The Morgan fingerprint density at radius 3 is 2.42 bits per heavy atom. The van der Waals surface area contributed by atoms with Gasteiger partial charge in [0.15, 0.2) is 0 Å². The van der Waals surface area contributed by atoms with Crippen LogP contribution in [0.2, 0.25) is 0 Å². The summed E-state index contributed by atoms with van der Waals surface area (Å²) in [5.41, 5.74) is 7.21. The lowest BCUT2D eigenvalue weighted by molar-refractivity contribution is 0.687. The minimum atomic E-state index is 0.358. The van der Waals surface area contributed by atoms with Crippen LogP contribution in [0.4, 0.5) is 0 Å². The van der Waals surface area contributed by atoms with E-state index in [1.807, 2.05) is 11.8 Å². The SMILES string of the molecule is NC1CSC1c1ccc(Br)cc1. The predicted molar refractivity (Wildman–Crippen MR) is 57.3 cm³/mol. The first-order chi connectivity index (χ1) is 5.77. The summed E-state index contributed by atoms with van der Waals surface area (Å²) in [6.07, 6.45) is 0. The van der Waals surface area contributed by atoms with E-state index in [0.717, 1.165) is 10.2 Å². The van der Waals surface area contributed by atoms with E-state index in [1.54, 1.807) is 0 Å². The average molecular weight is 244 g/mol. The summed E-state index contributed by atoms with van der Waals surface area (Å²) in [4.78, 5) is 0. The second kappa shape index (κ2) is 3.40. The quantitative estimate of drug-likeness (QED) is 0.821. The summed E-state index contributed by atoms with van der Waals surface area (Å²) < 4.78 is 1.13. The molecule has 1 aromatic rings. The first kappa shape index (κ1) is 8.60. The van der Waals surface area contributed by atoms with E-state index in [9.17, 15) is 0 Å². The van der Waals surface area contributed by atoms with E-state index in [4.69, 9.17) is 5.73 Å². The number of thioether (sulfide) groups is 1. The molecule has 1 aliphatic rings. The monoisotopic (exact) mass is 243 g/mol. The summed E-state index contributed by atoms with van der Waals surface area (Å²) in [7, 11) is 0. The number of hydrogen-bond acceptors (Lipinski definition) is 2. The van der Waals surface area contributed by atoms with Crippen LogP contribution in [0.1, 0.15) is 10.8 Å². The van der Waals surface area contributed by atoms with Gasteiger partial charge in [0.1, 0.15) is 0 Å². The van der Waals surface area contributed by atoms with Crippen LogP contribution in [0, 0.1) is 0 Å². The third-order valence-corrected chi connectivity index (χ3v) is 4.14. The van der Waals surface area contributed by atoms with E-state index in [-0.39, 0.29) is 0 Å². The summed E-state index contributed by atoms with van der Waals surface area (Å²) in [5, 5.41) is 0.526. The molecule has 0 saturated carbocycles. The first-order valence-corrected chi connectivity index (χ1v) is 5.74. The van der Waals surface area contributed by atoms with Crippen LogP contribution in [0.15, 0.2) is 28.7 Å². The van der Waals surface area contributed by atoms with Crippen LogP contribution >= 0.6 is 27.7 Å². The fourth-order valence-electron chi connectivity index (χ4n) is 1.30. The van der Waals surface area contributed by atoms with Gasteiger partial charge in [0.25, 0.3) is 0 Å². The lowest BCUT2D eigenvalue weighted by Gasteiger charge is -2.33. The summed E-state index contributed by atoms with van der Waals surface area (Å²) in [6, 6.07) is 8.78. The minimum absolute atomic E-state index is 0.358. The van der Waals surface area contributed by atoms with Crippen molar-refractivity contribution in [1.29, 1.82) is 0 Å².